The minimum absolute atomic E-state index is 0.622. The highest BCUT2D eigenvalue weighted by Gasteiger charge is 2.04. The van der Waals surface area contributed by atoms with Crippen LogP contribution in [0.25, 0.3) is 11.0 Å². The van der Waals surface area contributed by atoms with Gasteiger partial charge in [0.05, 0.1) is 0 Å². The zero-order valence-electron chi connectivity index (χ0n) is 11.3. The molecule has 0 saturated heterocycles. The number of fused-ring (bicyclic) bond motifs is 1. The molecule has 106 valence electrons. The minimum atomic E-state index is 0.622. The largest absolute Gasteiger partial charge is 0.359 e. The van der Waals surface area contributed by atoms with Crippen LogP contribution in [0.1, 0.15) is 11.1 Å². The van der Waals surface area contributed by atoms with E-state index in [1.165, 1.54) is 0 Å². The average Bonchev–Trinajstić information content (AvgIpc) is 2.95. The van der Waals surface area contributed by atoms with Crippen LogP contribution in [-0.4, -0.2) is 20.1 Å². The Morgan fingerprint density at radius 2 is 2.00 bits per heavy atom. The van der Waals surface area contributed by atoms with E-state index in [1.807, 2.05) is 36.7 Å². The highest BCUT2D eigenvalue weighted by molar-refractivity contribution is 7.80. The van der Waals surface area contributed by atoms with E-state index in [-0.39, 0.29) is 0 Å². The van der Waals surface area contributed by atoms with Crippen LogP contribution in [0.5, 0.6) is 0 Å². The summed E-state index contributed by atoms with van der Waals surface area (Å²) in [5.74, 6) is 0. The van der Waals surface area contributed by atoms with Crippen molar-refractivity contribution in [1.29, 1.82) is 0 Å². The van der Waals surface area contributed by atoms with E-state index in [1.54, 1.807) is 12.4 Å². The Labute approximate surface area is 127 Å². The fraction of sp³-hybridized carbons (Fsp3) is 0.133. The molecule has 0 atom stereocenters. The molecule has 0 radical (unpaired) electrons. The molecule has 0 amide bonds. The van der Waals surface area contributed by atoms with Gasteiger partial charge >= 0.3 is 0 Å². The maximum Gasteiger partial charge on any atom is 0.166 e. The summed E-state index contributed by atoms with van der Waals surface area (Å²) in [5, 5.41) is 8.10. The van der Waals surface area contributed by atoms with Crippen LogP contribution < -0.4 is 10.6 Å². The molecule has 21 heavy (non-hydrogen) atoms. The summed E-state index contributed by atoms with van der Waals surface area (Å²) < 4.78 is 0. The Morgan fingerprint density at radius 1 is 1.14 bits per heavy atom. The fourth-order valence-corrected chi connectivity index (χ4v) is 2.23. The molecule has 3 heterocycles. The quantitative estimate of drug-likeness (QED) is 0.644. The lowest BCUT2D eigenvalue weighted by molar-refractivity contribution is 0.833. The summed E-state index contributed by atoms with van der Waals surface area (Å²) in [7, 11) is 0. The van der Waals surface area contributed by atoms with E-state index < -0.39 is 0 Å². The molecular weight excluding hydrogens is 282 g/mol. The van der Waals surface area contributed by atoms with E-state index >= 15 is 0 Å². The predicted octanol–water partition coefficient (Wildman–Crippen LogP) is 2.12. The third kappa shape index (κ3) is 3.35. The molecule has 3 N–H and O–H groups in total. The van der Waals surface area contributed by atoms with Crippen LogP contribution in [0.3, 0.4) is 0 Å². The molecule has 0 fully saturated rings. The van der Waals surface area contributed by atoms with Crippen LogP contribution in [-0.2, 0) is 13.1 Å². The molecule has 0 aliphatic heterocycles. The van der Waals surface area contributed by atoms with Crippen LogP contribution in [0.15, 0.2) is 49.1 Å². The first-order valence-corrected chi connectivity index (χ1v) is 7.05. The molecule has 0 spiro atoms. The molecule has 0 aromatic carbocycles. The monoisotopic (exact) mass is 297 g/mol. The standard InChI is InChI=1S/C15H15N5S/c21-15(19-8-11-3-1-5-16-7-11)20-10-12-9-18-14-13(12)4-2-6-17-14/h1-7,9H,8,10H2,(H,17,18)(H2,19,20,21). The zero-order valence-corrected chi connectivity index (χ0v) is 12.2. The molecule has 0 saturated carbocycles. The van der Waals surface area contributed by atoms with E-state index in [0.717, 1.165) is 22.2 Å². The van der Waals surface area contributed by atoms with Crippen molar-refractivity contribution < 1.29 is 0 Å². The van der Waals surface area contributed by atoms with Crippen molar-refractivity contribution in [2.45, 2.75) is 13.1 Å². The van der Waals surface area contributed by atoms with Crippen LogP contribution in [0, 0.1) is 0 Å². The number of rotatable bonds is 4. The highest BCUT2D eigenvalue weighted by Crippen LogP contribution is 2.14. The minimum Gasteiger partial charge on any atom is -0.359 e. The lowest BCUT2D eigenvalue weighted by atomic mass is 10.2. The first-order chi connectivity index (χ1) is 10.3. The predicted molar refractivity (Wildman–Crippen MR) is 86.6 cm³/mol. The summed E-state index contributed by atoms with van der Waals surface area (Å²) in [6, 6.07) is 7.89. The molecule has 0 aliphatic carbocycles. The Bertz CT molecular complexity index is 738. The van der Waals surface area contributed by atoms with Gasteiger partial charge < -0.3 is 15.6 Å². The smallest absolute Gasteiger partial charge is 0.166 e. The van der Waals surface area contributed by atoms with Crippen molar-refractivity contribution in [2.24, 2.45) is 0 Å². The molecular formula is C15H15N5S. The molecule has 0 unspecified atom stereocenters. The number of thiocarbonyl (C=S) groups is 1. The Balaban J connectivity index is 1.54. The molecule has 6 heteroatoms. The summed E-state index contributed by atoms with van der Waals surface area (Å²) in [6.45, 7) is 1.32. The number of nitrogens with zero attached hydrogens (tertiary/aromatic N) is 2. The van der Waals surface area contributed by atoms with Gasteiger partial charge in [0.25, 0.3) is 0 Å². The van der Waals surface area contributed by atoms with Crippen LogP contribution in [0.4, 0.5) is 0 Å². The van der Waals surface area contributed by atoms with Gasteiger partial charge in [0.2, 0.25) is 0 Å². The average molecular weight is 297 g/mol. The second kappa shape index (κ2) is 6.32. The van der Waals surface area contributed by atoms with E-state index in [0.29, 0.717) is 18.2 Å². The molecule has 0 aliphatic rings. The molecule has 5 nitrogen and oxygen atoms in total. The first-order valence-electron chi connectivity index (χ1n) is 6.64. The van der Waals surface area contributed by atoms with Crippen molar-refractivity contribution >= 4 is 28.4 Å². The fourth-order valence-electron chi connectivity index (χ4n) is 2.08. The van der Waals surface area contributed by atoms with Crippen LogP contribution in [0.2, 0.25) is 0 Å². The second-order valence-corrected chi connectivity index (χ2v) is 5.02. The maximum absolute atomic E-state index is 5.28. The number of hydrogen-bond donors (Lipinski definition) is 3. The van der Waals surface area contributed by atoms with E-state index in [2.05, 4.69) is 25.6 Å². The van der Waals surface area contributed by atoms with Gasteiger partial charge in [-0.15, -0.1) is 0 Å². The highest BCUT2D eigenvalue weighted by atomic mass is 32.1. The van der Waals surface area contributed by atoms with Crippen molar-refractivity contribution in [3.63, 3.8) is 0 Å². The van der Waals surface area contributed by atoms with Crippen molar-refractivity contribution in [2.75, 3.05) is 0 Å². The zero-order chi connectivity index (χ0) is 14.5. The Morgan fingerprint density at radius 3 is 2.86 bits per heavy atom. The number of aromatic amines is 1. The van der Waals surface area contributed by atoms with Crippen molar-refractivity contribution in [1.82, 2.24) is 25.6 Å². The number of pyridine rings is 2. The lowest BCUT2D eigenvalue weighted by Gasteiger charge is -2.09. The third-order valence-electron chi connectivity index (χ3n) is 3.15. The number of H-pyrrole nitrogens is 1. The lowest BCUT2D eigenvalue weighted by Crippen LogP contribution is -2.34. The van der Waals surface area contributed by atoms with Gasteiger partial charge in [0.15, 0.2) is 5.11 Å². The van der Waals surface area contributed by atoms with Gasteiger partial charge in [0, 0.05) is 43.3 Å². The number of nitrogens with one attached hydrogen (secondary N) is 3. The number of hydrogen-bond acceptors (Lipinski definition) is 3. The van der Waals surface area contributed by atoms with Gasteiger partial charge in [0.1, 0.15) is 5.65 Å². The van der Waals surface area contributed by atoms with Gasteiger partial charge in [-0.05, 0) is 41.5 Å². The van der Waals surface area contributed by atoms with Crippen molar-refractivity contribution in [3.8, 4) is 0 Å². The summed E-state index contributed by atoms with van der Waals surface area (Å²) in [4.78, 5) is 11.5. The topological polar surface area (TPSA) is 65.6 Å². The maximum atomic E-state index is 5.28. The number of aromatic nitrogens is 3. The normalized spacial score (nSPS) is 10.5. The van der Waals surface area contributed by atoms with Gasteiger partial charge in [-0.1, -0.05) is 6.07 Å². The van der Waals surface area contributed by atoms with E-state index in [9.17, 15) is 0 Å². The molecule has 3 aromatic heterocycles. The van der Waals surface area contributed by atoms with Gasteiger partial charge in [-0.25, -0.2) is 4.98 Å². The Hall–Kier alpha value is -2.47. The van der Waals surface area contributed by atoms with Gasteiger partial charge in [-0.2, -0.15) is 0 Å². The molecule has 0 bridgehead atoms. The first kappa shape index (κ1) is 13.5. The summed E-state index contributed by atoms with van der Waals surface area (Å²) in [6.07, 6.45) is 7.30. The van der Waals surface area contributed by atoms with Gasteiger partial charge in [-0.3, -0.25) is 4.98 Å². The summed E-state index contributed by atoms with van der Waals surface area (Å²) >= 11 is 5.28. The second-order valence-electron chi connectivity index (χ2n) is 4.61. The Kier molecular flexibility index (Phi) is 4.07. The summed E-state index contributed by atoms with van der Waals surface area (Å²) in [5.41, 5.74) is 3.13. The van der Waals surface area contributed by atoms with E-state index in [4.69, 9.17) is 12.2 Å². The third-order valence-corrected chi connectivity index (χ3v) is 3.44. The molecule has 3 rings (SSSR count). The van der Waals surface area contributed by atoms with Crippen LogP contribution >= 0.6 is 12.2 Å². The SMILES string of the molecule is S=C(NCc1cccnc1)NCc1c[nH]c2ncccc12. The molecule has 3 aromatic rings. The van der Waals surface area contributed by atoms with Crippen molar-refractivity contribution in [3.05, 3.63) is 60.2 Å².